The van der Waals surface area contributed by atoms with Gasteiger partial charge in [-0.15, -0.1) is 0 Å². The van der Waals surface area contributed by atoms with Crippen molar-refractivity contribution in [3.05, 3.63) is 46.7 Å². The van der Waals surface area contributed by atoms with Crippen molar-refractivity contribution in [2.45, 2.75) is 46.1 Å². The Morgan fingerprint density at radius 1 is 1.30 bits per heavy atom. The van der Waals surface area contributed by atoms with Gasteiger partial charge in [0.25, 0.3) is 0 Å². The average Bonchev–Trinajstić information content (AvgIpc) is 2.98. The van der Waals surface area contributed by atoms with Crippen molar-refractivity contribution in [1.82, 2.24) is 14.7 Å². The lowest BCUT2D eigenvalue weighted by atomic mass is 9.88. The molecule has 1 fully saturated rings. The van der Waals surface area contributed by atoms with E-state index < -0.39 is 5.97 Å². The molecular weight excluding hydrogens is 362 g/mol. The van der Waals surface area contributed by atoms with E-state index in [1.54, 1.807) is 0 Å². The van der Waals surface area contributed by atoms with E-state index >= 15 is 0 Å². The standard InChI is InChI=1S/C21H28ClN3O2/c1-14-9-15(20(26)27)11-24(10-14)12-16-13-25(23-19(16)21(2,3)4)18-8-6-5-7-17(18)22/h5-8,13-15H,9-12H2,1-4H3,(H,26,27). The summed E-state index contributed by atoms with van der Waals surface area (Å²) in [6.07, 6.45) is 2.79. The predicted octanol–water partition coefficient (Wildman–Crippen LogP) is 4.37. The van der Waals surface area contributed by atoms with Gasteiger partial charge in [0.1, 0.15) is 0 Å². The highest BCUT2D eigenvalue weighted by Crippen LogP contribution is 2.30. The van der Waals surface area contributed by atoms with E-state index in [9.17, 15) is 9.90 Å². The lowest BCUT2D eigenvalue weighted by molar-refractivity contribution is -0.144. The number of aromatic nitrogens is 2. The number of halogens is 1. The summed E-state index contributed by atoms with van der Waals surface area (Å²) >= 11 is 6.36. The summed E-state index contributed by atoms with van der Waals surface area (Å²) in [5.74, 6) is -0.628. The van der Waals surface area contributed by atoms with Crippen LogP contribution in [-0.2, 0) is 16.8 Å². The number of nitrogens with zero attached hydrogens (tertiary/aromatic N) is 3. The largest absolute Gasteiger partial charge is 0.481 e. The maximum Gasteiger partial charge on any atom is 0.307 e. The van der Waals surface area contributed by atoms with Gasteiger partial charge in [0, 0.05) is 36.8 Å². The molecule has 3 rings (SSSR count). The number of hydrogen-bond acceptors (Lipinski definition) is 3. The van der Waals surface area contributed by atoms with E-state index in [0.717, 1.165) is 29.9 Å². The minimum Gasteiger partial charge on any atom is -0.481 e. The van der Waals surface area contributed by atoms with Crippen LogP contribution in [-0.4, -0.2) is 38.8 Å². The first kappa shape index (κ1) is 19.9. The van der Waals surface area contributed by atoms with Gasteiger partial charge in [-0.25, -0.2) is 4.68 Å². The molecule has 0 bridgehead atoms. The molecule has 2 unspecified atom stereocenters. The molecule has 1 saturated heterocycles. The van der Waals surface area contributed by atoms with Gasteiger partial charge in [-0.1, -0.05) is 51.4 Å². The molecule has 2 heterocycles. The van der Waals surface area contributed by atoms with Crippen LogP contribution in [0, 0.1) is 11.8 Å². The Kier molecular flexibility index (Phi) is 5.63. The molecule has 0 amide bonds. The van der Waals surface area contributed by atoms with Gasteiger partial charge >= 0.3 is 5.97 Å². The summed E-state index contributed by atoms with van der Waals surface area (Å²) in [7, 11) is 0. The Bertz CT molecular complexity index is 825. The smallest absolute Gasteiger partial charge is 0.307 e. The fraction of sp³-hybridized carbons (Fsp3) is 0.524. The van der Waals surface area contributed by atoms with Gasteiger partial charge in [0.05, 0.1) is 22.3 Å². The fourth-order valence-electron chi connectivity index (χ4n) is 3.93. The van der Waals surface area contributed by atoms with Crippen LogP contribution < -0.4 is 0 Å². The van der Waals surface area contributed by atoms with Gasteiger partial charge in [0.2, 0.25) is 0 Å². The van der Waals surface area contributed by atoms with Crippen LogP contribution in [0.4, 0.5) is 0 Å². The average molecular weight is 390 g/mol. The molecule has 2 aromatic rings. The summed E-state index contributed by atoms with van der Waals surface area (Å²) in [4.78, 5) is 13.7. The zero-order valence-corrected chi connectivity index (χ0v) is 17.2. The summed E-state index contributed by atoms with van der Waals surface area (Å²) in [6.45, 7) is 10.8. The molecule has 1 aliphatic heterocycles. The van der Waals surface area contributed by atoms with E-state index in [2.05, 4.69) is 32.6 Å². The first-order chi connectivity index (χ1) is 12.6. The van der Waals surface area contributed by atoms with E-state index in [-0.39, 0.29) is 11.3 Å². The first-order valence-corrected chi connectivity index (χ1v) is 9.82. The zero-order chi connectivity index (χ0) is 19.8. The number of carbonyl (C=O) groups is 1. The molecular formula is C21H28ClN3O2. The van der Waals surface area contributed by atoms with Crippen molar-refractivity contribution >= 4 is 17.6 Å². The molecule has 0 spiro atoms. The second-order valence-electron chi connectivity index (χ2n) is 8.72. The molecule has 1 aromatic carbocycles. The minimum absolute atomic E-state index is 0.116. The van der Waals surface area contributed by atoms with Crippen LogP contribution in [0.5, 0.6) is 0 Å². The van der Waals surface area contributed by atoms with Crippen molar-refractivity contribution in [3.63, 3.8) is 0 Å². The topological polar surface area (TPSA) is 58.4 Å². The quantitative estimate of drug-likeness (QED) is 0.843. The van der Waals surface area contributed by atoms with Crippen molar-refractivity contribution in [2.24, 2.45) is 11.8 Å². The van der Waals surface area contributed by atoms with Crippen molar-refractivity contribution in [2.75, 3.05) is 13.1 Å². The van der Waals surface area contributed by atoms with Crippen molar-refractivity contribution in [3.8, 4) is 5.69 Å². The number of benzene rings is 1. The molecule has 0 radical (unpaired) electrons. The number of para-hydroxylation sites is 1. The molecule has 1 aliphatic rings. The van der Waals surface area contributed by atoms with Crippen molar-refractivity contribution in [1.29, 1.82) is 0 Å². The SMILES string of the molecule is CC1CC(C(=O)O)CN(Cc2cn(-c3ccccc3Cl)nc2C(C)(C)C)C1. The van der Waals surface area contributed by atoms with Gasteiger partial charge in [-0.2, -0.15) is 5.10 Å². The molecule has 6 heteroatoms. The molecule has 2 atom stereocenters. The summed E-state index contributed by atoms with van der Waals surface area (Å²) in [6, 6.07) is 7.67. The Morgan fingerprint density at radius 2 is 2.00 bits per heavy atom. The van der Waals surface area contributed by atoms with Crippen LogP contribution >= 0.6 is 11.6 Å². The Balaban J connectivity index is 1.92. The van der Waals surface area contributed by atoms with E-state index in [4.69, 9.17) is 16.7 Å². The normalized spacial score (nSPS) is 21.4. The summed E-state index contributed by atoms with van der Waals surface area (Å²) in [5.41, 5.74) is 2.88. The number of carboxylic acids is 1. The molecule has 146 valence electrons. The predicted molar refractivity (Wildman–Crippen MR) is 107 cm³/mol. The number of carboxylic acid groups (broad SMARTS) is 1. The lowest BCUT2D eigenvalue weighted by Gasteiger charge is -2.35. The second-order valence-corrected chi connectivity index (χ2v) is 9.13. The Morgan fingerprint density at radius 3 is 2.63 bits per heavy atom. The third-order valence-corrected chi connectivity index (χ3v) is 5.40. The maximum atomic E-state index is 11.5. The van der Waals surface area contributed by atoms with Crippen LogP contribution in [0.15, 0.2) is 30.5 Å². The van der Waals surface area contributed by atoms with Gasteiger partial charge < -0.3 is 5.11 Å². The van der Waals surface area contributed by atoms with Gasteiger partial charge in [0.15, 0.2) is 0 Å². The number of rotatable bonds is 4. The highest BCUT2D eigenvalue weighted by atomic mass is 35.5. The van der Waals surface area contributed by atoms with E-state index in [1.807, 2.05) is 35.1 Å². The molecule has 5 nitrogen and oxygen atoms in total. The highest BCUT2D eigenvalue weighted by Gasteiger charge is 2.31. The van der Waals surface area contributed by atoms with Crippen LogP contribution in [0.3, 0.4) is 0 Å². The molecule has 1 aromatic heterocycles. The molecule has 1 N–H and O–H groups in total. The molecule has 27 heavy (non-hydrogen) atoms. The van der Waals surface area contributed by atoms with Gasteiger partial charge in [-0.3, -0.25) is 9.69 Å². The third-order valence-electron chi connectivity index (χ3n) is 5.08. The van der Waals surface area contributed by atoms with Crippen molar-refractivity contribution < 1.29 is 9.90 Å². The minimum atomic E-state index is -0.700. The zero-order valence-electron chi connectivity index (χ0n) is 16.4. The second kappa shape index (κ2) is 7.64. The highest BCUT2D eigenvalue weighted by molar-refractivity contribution is 6.32. The number of hydrogen-bond donors (Lipinski definition) is 1. The van der Waals surface area contributed by atoms with Crippen LogP contribution in [0.25, 0.3) is 5.69 Å². The molecule has 0 saturated carbocycles. The van der Waals surface area contributed by atoms with E-state index in [0.29, 0.717) is 24.0 Å². The third kappa shape index (κ3) is 4.53. The first-order valence-electron chi connectivity index (χ1n) is 9.44. The monoisotopic (exact) mass is 389 g/mol. The van der Waals surface area contributed by atoms with Crippen LogP contribution in [0.2, 0.25) is 5.02 Å². The van der Waals surface area contributed by atoms with Crippen LogP contribution in [0.1, 0.15) is 45.4 Å². The molecule has 0 aliphatic carbocycles. The Hall–Kier alpha value is -1.85. The number of piperidine rings is 1. The maximum absolute atomic E-state index is 11.5. The number of likely N-dealkylation sites (tertiary alicyclic amines) is 1. The summed E-state index contributed by atoms with van der Waals surface area (Å²) < 4.78 is 1.85. The van der Waals surface area contributed by atoms with Gasteiger partial charge in [-0.05, 0) is 24.5 Å². The Labute approximate surface area is 165 Å². The summed E-state index contributed by atoms with van der Waals surface area (Å²) in [5, 5.41) is 14.9. The lowest BCUT2D eigenvalue weighted by Crippen LogP contribution is -2.42. The van der Waals surface area contributed by atoms with E-state index in [1.165, 1.54) is 0 Å². The fourth-order valence-corrected chi connectivity index (χ4v) is 4.15. The number of aliphatic carboxylic acids is 1.